The first-order chi connectivity index (χ1) is 15.7. The summed E-state index contributed by atoms with van der Waals surface area (Å²) in [4.78, 5) is 32.4. The molecule has 33 heavy (non-hydrogen) atoms. The second kappa shape index (κ2) is 8.81. The highest BCUT2D eigenvalue weighted by Crippen LogP contribution is 2.30. The summed E-state index contributed by atoms with van der Waals surface area (Å²) in [6.07, 6.45) is -3.23. The number of nitrogens with zero attached hydrogens (tertiary/aromatic N) is 3. The van der Waals surface area contributed by atoms with E-state index < -0.39 is 30.1 Å². The van der Waals surface area contributed by atoms with Gasteiger partial charge in [0.1, 0.15) is 17.6 Å². The van der Waals surface area contributed by atoms with Crippen LogP contribution < -0.4 is 15.0 Å². The van der Waals surface area contributed by atoms with Gasteiger partial charge in [0.25, 0.3) is 5.91 Å². The van der Waals surface area contributed by atoms with Gasteiger partial charge in [-0.05, 0) is 61.0 Å². The summed E-state index contributed by atoms with van der Waals surface area (Å²) in [7, 11) is 0. The number of halogens is 3. The van der Waals surface area contributed by atoms with Crippen molar-refractivity contribution in [2.24, 2.45) is 0 Å². The van der Waals surface area contributed by atoms with E-state index in [1.165, 1.54) is 17.0 Å². The second-order valence-electron chi connectivity index (χ2n) is 7.34. The van der Waals surface area contributed by atoms with Gasteiger partial charge in [0.15, 0.2) is 0 Å². The Morgan fingerprint density at radius 3 is 2.39 bits per heavy atom. The van der Waals surface area contributed by atoms with E-state index in [2.05, 4.69) is 15.0 Å². The molecule has 1 aliphatic heterocycles. The van der Waals surface area contributed by atoms with Gasteiger partial charge < -0.3 is 15.0 Å². The van der Waals surface area contributed by atoms with E-state index in [0.29, 0.717) is 5.82 Å². The number of pyridine rings is 1. The zero-order valence-electron chi connectivity index (χ0n) is 17.4. The van der Waals surface area contributed by atoms with Gasteiger partial charge in [-0.2, -0.15) is 0 Å². The molecule has 1 aromatic heterocycles. The number of alkyl halides is 3. The lowest BCUT2D eigenvalue weighted by atomic mass is 10.2. The van der Waals surface area contributed by atoms with Crippen molar-refractivity contribution in [2.45, 2.75) is 25.9 Å². The van der Waals surface area contributed by atoms with Gasteiger partial charge >= 0.3 is 12.4 Å². The molecule has 0 saturated carbocycles. The molecule has 170 valence electrons. The minimum absolute atomic E-state index is 0.156. The molecule has 10 heteroatoms. The third-order valence-electron chi connectivity index (χ3n) is 5.03. The number of imide groups is 1. The summed E-state index contributed by atoms with van der Waals surface area (Å²) in [6, 6.07) is 16.3. The number of carbonyl (C=O) groups is 2. The predicted octanol–water partition coefficient (Wildman–Crippen LogP) is 5.08. The van der Waals surface area contributed by atoms with Crippen LogP contribution in [-0.2, 0) is 11.3 Å². The maximum Gasteiger partial charge on any atom is 0.573 e. The van der Waals surface area contributed by atoms with Crippen molar-refractivity contribution < 1.29 is 27.5 Å². The highest BCUT2D eigenvalue weighted by Gasteiger charge is 2.43. The highest BCUT2D eigenvalue weighted by molar-refractivity contribution is 6.21. The van der Waals surface area contributed by atoms with Gasteiger partial charge in [0.2, 0.25) is 0 Å². The van der Waals surface area contributed by atoms with Crippen molar-refractivity contribution in [3.63, 3.8) is 0 Å². The highest BCUT2D eigenvalue weighted by atomic mass is 19.4. The molecule has 1 saturated heterocycles. The molecule has 1 N–H and O–H groups in total. The lowest BCUT2D eigenvalue weighted by Gasteiger charge is -2.20. The third kappa shape index (κ3) is 5.05. The summed E-state index contributed by atoms with van der Waals surface area (Å²) in [5.74, 6) is -0.326. The first kappa shape index (κ1) is 22.1. The van der Waals surface area contributed by atoms with Gasteiger partial charge in [-0.15, -0.1) is 13.2 Å². The zero-order valence-corrected chi connectivity index (χ0v) is 17.4. The standard InChI is InChI=1S/C23H19F3N4O3/c1-15-21(31)30(18-7-9-19(10-8-18)33-23(24,25)26)22(32)29(15)14-16-11-12-27-20(13-16)28-17-5-3-2-4-6-17/h2-13,15H,14H2,1H3,(H,27,28). The van der Waals surface area contributed by atoms with E-state index in [9.17, 15) is 22.8 Å². The number of nitrogens with one attached hydrogen (secondary N) is 1. The number of urea groups is 1. The Morgan fingerprint density at radius 2 is 1.73 bits per heavy atom. The van der Waals surface area contributed by atoms with Crippen LogP contribution in [0.15, 0.2) is 72.9 Å². The molecule has 1 aliphatic rings. The Kier molecular flexibility index (Phi) is 5.91. The molecule has 0 bridgehead atoms. The smallest absolute Gasteiger partial charge is 0.406 e. The van der Waals surface area contributed by atoms with Crippen LogP contribution in [0.5, 0.6) is 5.75 Å². The monoisotopic (exact) mass is 456 g/mol. The predicted molar refractivity (Wildman–Crippen MR) is 115 cm³/mol. The summed E-state index contributed by atoms with van der Waals surface area (Å²) >= 11 is 0. The van der Waals surface area contributed by atoms with E-state index in [0.717, 1.165) is 28.3 Å². The number of aromatic nitrogens is 1. The molecular formula is C23H19F3N4O3. The number of para-hydroxylation sites is 1. The van der Waals surface area contributed by atoms with Crippen LogP contribution in [0.25, 0.3) is 0 Å². The van der Waals surface area contributed by atoms with E-state index in [4.69, 9.17) is 0 Å². The van der Waals surface area contributed by atoms with Crippen LogP contribution in [-0.4, -0.2) is 34.2 Å². The first-order valence-corrected chi connectivity index (χ1v) is 9.99. The van der Waals surface area contributed by atoms with E-state index >= 15 is 0 Å². The van der Waals surface area contributed by atoms with Gasteiger partial charge in [-0.3, -0.25) is 4.79 Å². The SMILES string of the molecule is CC1C(=O)N(c2ccc(OC(F)(F)F)cc2)C(=O)N1Cc1ccnc(Nc2ccccc2)c1. The lowest BCUT2D eigenvalue weighted by Crippen LogP contribution is -2.33. The Morgan fingerprint density at radius 1 is 1.03 bits per heavy atom. The van der Waals surface area contributed by atoms with Crippen molar-refractivity contribution in [3.8, 4) is 5.75 Å². The number of rotatable bonds is 6. The number of hydrogen-bond donors (Lipinski definition) is 1. The largest absolute Gasteiger partial charge is 0.573 e. The molecule has 2 aromatic carbocycles. The normalized spacial score (nSPS) is 16.3. The number of anilines is 3. The molecule has 0 radical (unpaired) electrons. The lowest BCUT2D eigenvalue weighted by molar-refractivity contribution is -0.274. The summed E-state index contributed by atoms with van der Waals surface area (Å²) in [6.45, 7) is 1.76. The van der Waals surface area contributed by atoms with Crippen LogP contribution in [0.1, 0.15) is 12.5 Å². The molecule has 2 heterocycles. The minimum Gasteiger partial charge on any atom is -0.406 e. The Balaban J connectivity index is 1.49. The Hall–Kier alpha value is -4.08. The molecule has 4 rings (SSSR count). The molecule has 3 amide bonds. The Labute approximate surface area is 187 Å². The quantitative estimate of drug-likeness (QED) is 0.524. The molecule has 0 aliphatic carbocycles. The minimum atomic E-state index is -4.83. The van der Waals surface area contributed by atoms with Crippen LogP contribution in [0.2, 0.25) is 0 Å². The van der Waals surface area contributed by atoms with Gasteiger partial charge in [0.05, 0.1) is 5.69 Å². The van der Waals surface area contributed by atoms with Crippen molar-refractivity contribution in [2.75, 3.05) is 10.2 Å². The van der Waals surface area contributed by atoms with Gasteiger partial charge in [-0.1, -0.05) is 18.2 Å². The number of hydrogen-bond acceptors (Lipinski definition) is 5. The topological polar surface area (TPSA) is 74.8 Å². The average molecular weight is 456 g/mol. The van der Waals surface area contributed by atoms with Crippen molar-refractivity contribution in [3.05, 3.63) is 78.5 Å². The van der Waals surface area contributed by atoms with Gasteiger partial charge in [0, 0.05) is 18.4 Å². The fourth-order valence-corrected chi connectivity index (χ4v) is 3.45. The zero-order chi connectivity index (χ0) is 23.6. The number of carbonyl (C=O) groups excluding carboxylic acids is 2. The van der Waals surface area contributed by atoms with E-state index in [1.807, 2.05) is 30.3 Å². The van der Waals surface area contributed by atoms with Crippen LogP contribution in [0.3, 0.4) is 0 Å². The Bertz CT molecular complexity index is 1150. The van der Waals surface area contributed by atoms with Crippen molar-refractivity contribution in [1.82, 2.24) is 9.88 Å². The van der Waals surface area contributed by atoms with Gasteiger partial charge in [-0.25, -0.2) is 14.7 Å². The second-order valence-corrected chi connectivity index (χ2v) is 7.34. The summed E-state index contributed by atoms with van der Waals surface area (Å²) in [5, 5.41) is 3.17. The summed E-state index contributed by atoms with van der Waals surface area (Å²) < 4.78 is 40.9. The first-order valence-electron chi connectivity index (χ1n) is 9.99. The maximum absolute atomic E-state index is 13.0. The fourth-order valence-electron chi connectivity index (χ4n) is 3.45. The molecule has 7 nitrogen and oxygen atoms in total. The molecule has 3 aromatic rings. The molecule has 0 spiro atoms. The van der Waals surface area contributed by atoms with E-state index in [-0.39, 0.29) is 12.2 Å². The van der Waals surface area contributed by atoms with Crippen molar-refractivity contribution in [1.29, 1.82) is 0 Å². The average Bonchev–Trinajstić information content (AvgIpc) is 2.98. The van der Waals surface area contributed by atoms with Crippen LogP contribution >= 0.6 is 0 Å². The van der Waals surface area contributed by atoms with Crippen LogP contribution in [0, 0.1) is 0 Å². The van der Waals surface area contributed by atoms with Crippen molar-refractivity contribution >= 4 is 29.1 Å². The van der Waals surface area contributed by atoms with E-state index in [1.54, 1.807) is 25.3 Å². The third-order valence-corrected chi connectivity index (χ3v) is 5.03. The molecular weight excluding hydrogens is 437 g/mol. The number of benzene rings is 2. The fraction of sp³-hybridized carbons (Fsp3) is 0.174. The molecule has 1 atom stereocenters. The number of ether oxygens (including phenoxy) is 1. The molecule has 1 unspecified atom stereocenters. The number of amides is 3. The van der Waals surface area contributed by atoms with Crippen LogP contribution in [0.4, 0.5) is 35.2 Å². The molecule has 1 fully saturated rings. The maximum atomic E-state index is 13.0. The summed E-state index contributed by atoms with van der Waals surface area (Å²) in [5.41, 5.74) is 1.77.